The second kappa shape index (κ2) is 5.15. The Morgan fingerprint density at radius 2 is 2.00 bits per heavy atom. The highest BCUT2D eigenvalue weighted by atomic mass is 79.9. The van der Waals surface area contributed by atoms with Crippen molar-refractivity contribution in [1.29, 1.82) is 0 Å². The molecular formula is C18H20BrNO. The Morgan fingerprint density at radius 1 is 1.24 bits per heavy atom. The first-order chi connectivity index (χ1) is 9.87. The zero-order valence-electron chi connectivity index (χ0n) is 12.6. The van der Waals surface area contributed by atoms with Gasteiger partial charge >= 0.3 is 0 Å². The van der Waals surface area contributed by atoms with E-state index in [1.165, 1.54) is 11.1 Å². The number of rotatable bonds is 2. The Balaban J connectivity index is 1.97. The van der Waals surface area contributed by atoms with E-state index in [0.717, 1.165) is 27.8 Å². The van der Waals surface area contributed by atoms with Crippen molar-refractivity contribution < 1.29 is 4.74 Å². The monoisotopic (exact) mass is 345 g/mol. The normalized spacial score (nSPS) is 17.2. The van der Waals surface area contributed by atoms with Crippen molar-refractivity contribution in [3.63, 3.8) is 0 Å². The van der Waals surface area contributed by atoms with Crippen LogP contribution in [0.3, 0.4) is 0 Å². The van der Waals surface area contributed by atoms with E-state index in [4.69, 9.17) is 10.5 Å². The summed E-state index contributed by atoms with van der Waals surface area (Å²) in [5, 5.41) is 0. The first-order valence-electron chi connectivity index (χ1n) is 7.20. The highest BCUT2D eigenvalue weighted by Crippen LogP contribution is 2.37. The van der Waals surface area contributed by atoms with Crippen LogP contribution in [0.25, 0.3) is 0 Å². The predicted molar refractivity (Wildman–Crippen MR) is 89.8 cm³/mol. The van der Waals surface area contributed by atoms with E-state index in [9.17, 15) is 0 Å². The first kappa shape index (κ1) is 14.6. The van der Waals surface area contributed by atoms with E-state index < -0.39 is 0 Å². The van der Waals surface area contributed by atoms with Crippen molar-refractivity contribution in [3.05, 3.63) is 63.1 Å². The minimum absolute atomic E-state index is 0.116. The summed E-state index contributed by atoms with van der Waals surface area (Å²) in [7, 11) is 0. The van der Waals surface area contributed by atoms with Crippen LogP contribution >= 0.6 is 15.9 Å². The standard InChI is InChI=1S/C18H20BrNO/c1-11-5-4-6-14(16(11)19)17(20)12-7-8-15-13(9-12)10-18(2,3)21-15/h4-9,17H,10,20H2,1-3H3. The lowest BCUT2D eigenvalue weighted by Crippen LogP contribution is -2.24. The number of halogens is 1. The zero-order valence-corrected chi connectivity index (χ0v) is 14.2. The number of fused-ring (bicyclic) bond motifs is 1. The quantitative estimate of drug-likeness (QED) is 0.868. The maximum absolute atomic E-state index is 6.48. The van der Waals surface area contributed by atoms with Gasteiger partial charge in [0.05, 0.1) is 6.04 Å². The van der Waals surface area contributed by atoms with Crippen molar-refractivity contribution in [1.82, 2.24) is 0 Å². The fraction of sp³-hybridized carbons (Fsp3) is 0.333. The molecule has 1 aliphatic heterocycles. The van der Waals surface area contributed by atoms with Crippen LogP contribution in [0.15, 0.2) is 40.9 Å². The van der Waals surface area contributed by atoms with Crippen molar-refractivity contribution in [2.45, 2.75) is 38.8 Å². The number of nitrogens with two attached hydrogens (primary N) is 1. The van der Waals surface area contributed by atoms with Crippen molar-refractivity contribution in [2.75, 3.05) is 0 Å². The molecule has 21 heavy (non-hydrogen) atoms. The van der Waals surface area contributed by atoms with Gasteiger partial charge in [-0.1, -0.05) is 46.3 Å². The molecule has 2 nitrogen and oxygen atoms in total. The van der Waals surface area contributed by atoms with Gasteiger partial charge in [0, 0.05) is 10.9 Å². The molecule has 1 atom stereocenters. The van der Waals surface area contributed by atoms with Gasteiger partial charge in [0.2, 0.25) is 0 Å². The van der Waals surface area contributed by atoms with Gasteiger partial charge in [-0.25, -0.2) is 0 Å². The van der Waals surface area contributed by atoms with E-state index in [2.05, 4.69) is 67.0 Å². The molecule has 3 rings (SSSR count). The van der Waals surface area contributed by atoms with Crippen LogP contribution in [0.1, 0.15) is 42.1 Å². The van der Waals surface area contributed by atoms with Crippen LogP contribution < -0.4 is 10.5 Å². The number of hydrogen-bond acceptors (Lipinski definition) is 2. The summed E-state index contributed by atoms with van der Waals surface area (Å²) < 4.78 is 7.02. The molecule has 1 heterocycles. The molecule has 0 fully saturated rings. The van der Waals surface area contributed by atoms with Gasteiger partial charge in [0.25, 0.3) is 0 Å². The topological polar surface area (TPSA) is 35.2 Å². The third-order valence-electron chi connectivity index (χ3n) is 4.00. The van der Waals surface area contributed by atoms with Crippen LogP contribution in [-0.2, 0) is 6.42 Å². The maximum Gasteiger partial charge on any atom is 0.123 e. The molecule has 2 aromatic carbocycles. The van der Waals surface area contributed by atoms with Crippen LogP contribution in [0, 0.1) is 6.92 Å². The minimum atomic E-state index is -0.131. The molecular weight excluding hydrogens is 326 g/mol. The predicted octanol–water partition coefficient (Wildman–Crippen LogP) is 4.52. The Labute approximate surface area is 134 Å². The largest absolute Gasteiger partial charge is 0.487 e. The number of benzene rings is 2. The van der Waals surface area contributed by atoms with Gasteiger partial charge in [-0.3, -0.25) is 0 Å². The minimum Gasteiger partial charge on any atom is -0.487 e. The van der Waals surface area contributed by atoms with Gasteiger partial charge < -0.3 is 10.5 Å². The summed E-state index contributed by atoms with van der Waals surface area (Å²) in [5.74, 6) is 0.985. The second-order valence-corrected chi connectivity index (χ2v) is 7.15. The molecule has 110 valence electrons. The summed E-state index contributed by atoms with van der Waals surface area (Å²) in [6.07, 6.45) is 0.928. The third kappa shape index (κ3) is 2.72. The Morgan fingerprint density at radius 3 is 2.76 bits per heavy atom. The highest BCUT2D eigenvalue weighted by molar-refractivity contribution is 9.10. The van der Waals surface area contributed by atoms with Crippen LogP contribution in [-0.4, -0.2) is 5.60 Å². The number of aryl methyl sites for hydroxylation is 1. The van der Waals surface area contributed by atoms with E-state index >= 15 is 0 Å². The average Bonchev–Trinajstić information content (AvgIpc) is 2.73. The fourth-order valence-corrected chi connectivity index (χ4v) is 3.42. The smallest absolute Gasteiger partial charge is 0.123 e. The van der Waals surface area contributed by atoms with Gasteiger partial charge in [-0.05, 0) is 49.1 Å². The van der Waals surface area contributed by atoms with E-state index in [1.807, 2.05) is 6.07 Å². The van der Waals surface area contributed by atoms with Gasteiger partial charge in [-0.15, -0.1) is 0 Å². The summed E-state index contributed by atoms with van der Waals surface area (Å²) in [4.78, 5) is 0. The van der Waals surface area contributed by atoms with Crippen LogP contribution in [0.5, 0.6) is 5.75 Å². The SMILES string of the molecule is Cc1cccc(C(N)c2ccc3c(c2)CC(C)(C)O3)c1Br. The Hall–Kier alpha value is -1.32. The zero-order chi connectivity index (χ0) is 15.2. The number of ether oxygens (including phenoxy) is 1. The molecule has 0 amide bonds. The third-order valence-corrected chi connectivity index (χ3v) is 5.09. The molecule has 0 saturated carbocycles. The lowest BCUT2D eigenvalue weighted by atomic mass is 9.94. The van der Waals surface area contributed by atoms with Gasteiger partial charge in [0.15, 0.2) is 0 Å². The van der Waals surface area contributed by atoms with Crippen molar-refractivity contribution in [3.8, 4) is 5.75 Å². The van der Waals surface area contributed by atoms with E-state index in [1.54, 1.807) is 0 Å². The highest BCUT2D eigenvalue weighted by Gasteiger charge is 2.30. The van der Waals surface area contributed by atoms with Gasteiger partial charge in [-0.2, -0.15) is 0 Å². The van der Waals surface area contributed by atoms with Crippen molar-refractivity contribution in [2.24, 2.45) is 5.73 Å². The molecule has 0 aliphatic carbocycles. The molecule has 0 bridgehead atoms. The maximum atomic E-state index is 6.48. The second-order valence-electron chi connectivity index (χ2n) is 6.36. The fourth-order valence-electron chi connectivity index (χ4n) is 2.91. The lowest BCUT2D eigenvalue weighted by molar-refractivity contribution is 0.138. The van der Waals surface area contributed by atoms with Crippen molar-refractivity contribution >= 4 is 15.9 Å². The molecule has 1 aliphatic rings. The average molecular weight is 346 g/mol. The molecule has 0 aromatic heterocycles. The Bertz CT molecular complexity index is 694. The Kier molecular flexibility index (Phi) is 3.58. The molecule has 1 unspecified atom stereocenters. The van der Waals surface area contributed by atoms with Crippen LogP contribution in [0.4, 0.5) is 0 Å². The van der Waals surface area contributed by atoms with Crippen LogP contribution in [0.2, 0.25) is 0 Å². The molecule has 2 N–H and O–H groups in total. The summed E-state index contributed by atoms with van der Waals surface area (Å²) >= 11 is 3.65. The first-order valence-corrected chi connectivity index (χ1v) is 7.99. The summed E-state index contributed by atoms with van der Waals surface area (Å²) in [6.45, 7) is 6.31. The van der Waals surface area contributed by atoms with E-state index in [-0.39, 0.29) is 11.6 Å². The lowest BCUT2D eigenvalue weighted by Gasteiger charge is -2.17. The molecule has 0 radical (unpaired) electrons. The van der Waals surface area contributed by atoms with Gasteiger partial charge in [0.1, 0.15) is 11.4 Å². The summed E-state index contributed by atoms with van der Waals surface area (Å²) in [6, 6.07) is 12.4. The molecule has 0 saturated heterocycles. The van der Waals surface area contributed by atoms with E-state index in [0.29, 0.717) is 0 Å². The molecule has 0 spiro atoms. The summed E-state index contributed by atoms with van der Waals surface area (Å²) in [5.41, 5.74) is 11.1. The molecule has 3 heteroatoms. The molecule has 2 aromatic rings. The number of hydrogen-bond donors (Lipinski definition) is 1.